The highest BCUT2D eigenvalue weighted by Gasteiger charge is 2.22. The van der Waals surface area contributed by atoms with Gasteiger partial charge in [0, 0.05) is 32.6 Å². The van der Waals surface area contributed by atoms with Gasteiger partial charge in [0.05, 0.1) is 19.2 Å². The van der Waals surface area contributed by atoms with E-state index >= 15 is 0 Å². The van der Waals surface area contributed by atoms with Crippen LogP contribution in [0, 0.1) is 0 Å². The monoisotopic (exact) mass is 408 g/mol. The first kappa shape index (κ1) is 20.7. The van der Waals surface area contributed by atoms with E-state index in [2.05, 4.69) is 50.9 Å². The molecule has 0 aromatic heterocycles. The highest BCUT2D eigenvalue weighted by molar-refractivity contribution is 5.79. The number of β-amino-alcohol motifs (C(OH)–C–C–N with tert-alkyl or cyclic N) is 1. The number of rotatable bonds is 7. The van der Waals surface area contributed by atoms with Gasteiger partial charge in [-0.3, -0.25) is 9.89 Å². The van der Waals surface area contributed by atoms with E-state index in [4.69, 9.17) is 4.74 Å². The molecule has 6 heteroatoms. The quantitative estimate of drug-likeness (QED) is 0.483. The van der Waals surface area contributed by atoms with Crippen LogP contribution in [0.5, 0.6) is 5.75 Å². The van der Waals surface area contributed by atoms with E-state index in [0.29, 0.717) is 19.6 Å². The van der Waals surface area contributed by atoms with E-state index in [0.717, 1.165) is 44.2 Å². The summed E-state index contributed by atoms with van der Waals surface area (Å²) < 4.78 is 5.99. The number of hydrogen-bond donors (Lipinski definition) is 3. The van der Waals surface area contributed by atoms with Crippen molar-refractivity contribution < 1.29 is 9.84 Å². The fourth-order valence-corrected chi connectivity index (χ4v) is 4.18. The van der Waals surface area contributed by atoms with Crippen LogP contribution in [0.1, 0.15) is 23.6 Å². The average molecular weight is 409 g/mol. The zero-order valence-electron chi connectivity index (χ0n) is 17.7. The number of ether oxygens (including phenoxy) is 1. The Labute approximate surface area is 179 Å². The highest BCUT2D eigenvalue weighted by Crippen LogP contribution is 2.27. The molecule has 0 aliphatic carbocycles. The molecular formula is C24H32N4O2. The molecule has 2 atom stereocenters. The van der Waals surface area contributed by atoms with Gasteiger partial charge in [0.1, 0.15) is 11.9 Å². The Kier molecular flexibility index (Phi) is 6.87. The molecule has 2 aromatic carbocycles. The second-order valence-corrected chi connectivity index (χ2v) is 8.06. The molecule has 0 saturated heterocycles. The number of para-hydroxylation sites is 1. The summed E-state index contributed by atoms with van der Waals surface area (Å²) >= 11 is 0. The van der Waals surface area contributed by atoms with Gasteiger partial charge in [-0.15, -0.1) is 0 Å². The van der Waals surface area contributed by atoms with E-state index in [-0.39, 0.29) is 6.10 Å². The van der Waals surface area contributed by atoms with Crippen molar-refractivity contribution >= 4 is 5.96 Å². The summed E-state index contributed by atoms with van der Waals surface area (Å²) in [5, 5.41) is 17.2. The van der Waals surface area contributed by atoms with Crippen molar-refractivity contribution in [2.45, 2.75) is 38.5 Å². The van der Waals surface area contributed by atoms with E-state index in [1.165, 1.54) is 16.7 Å². The number of benzene rings is 2. The van der Waals surface area contributed by atoms with E-state index in [1.807, 2.05) is 25.1 Å². The minimum atomic E-state index is -0.488. The number of aliphatic hydroxyl groups is 1. The topological polar surface area (TPSA) is 69.1 Å². The molecule has 3 N–H and O–H groups in total. The van der Waals surface area contributed by atoms with Crippen LogP contribution in [-0.4, -0.2) is 60.9 Å². The molecule has 160 valence electrons. The molecule has 6 nitrogen and oxygen atoms in total. The van der Waals surface area contributed by atoms with Crippen LogP contribution in [0.15, 0.2) is 53.5 Å². The third-order valence-corrected chi connectivity index (χ3v) is 5.69. The van der Waals surface area contributed by atoms with Gasteiger partial charge in [-0.1, -0.05) is 42.5 Å². The first-order valence-corrected chi connectivity index (χ1v) is 10.9. The maximum absolute atomic E-state index is 10.5. The van der Waals surface area contributed by atoms with Crippen LogP contribution in [0.4, 0.5) is 0 Å². The molecular weight excluding hydrogens is 376 g/mol. The largest absolute Gasteiger partial charge is 0.488 e. The van der Waals surface area contributed by atoms with Gasteiger partial charge in [0.25, 0.3) is 0 Å². The van der Waals surface area contributed by atoms with Crippen molar-refractivity contribution in [3.05, 3.63) is 65.2 Å². The van der Waals surface area contributed by atoms with Crippen molar-refractivity contribution in [1.82, 2.24) is 15.5 Å². The number of nitrogens with zero attached hydrogens (tertiary/aromatic N) is 2. The van der Waals surface area contributed by atoms with Crippen molar-refractivity contribution in [1.29, 1.82) is 0 Å². The summed E-state index contributed by atoms with van der Waals surface area (Å²) in [7, 11) is 0. The van der Waals surface area contributed by atoms with Crippen LogP contribution in [0.3, 0.4) is 0 Å². The third kappa shape index (κ3) is 5.32. The summed E-state index contributed by atoms with van der Waals surface area (Å²) in [5.41, 5.74) is 4.05. The second kappa shape index (κ2) is 9.96. The Hall–Kier alpha value is -2.57. The summed E-state index contributed by atoms with van der Waals surface area (Å²) in [6.45, 7) is 6.39. The number of aliphatic hydroxyl groups excluding tert-OH is 1. The third-order valence-electron chi connectivity index (χ3n) is 5.69. The standard InChI is InChI=1S/C24H32N4O2/c1-2-25-24(27-15-22-13-19-8-5-6-10-23(19)30-22)26-14-21(29)17-28-12-11-18-7-3-4-9-20(18)16-28/h3-10,21-22,29H,2,11-17H2,1H3,(H2,25,26,27). The van der Waals surface area contributed by atoms with Crippen LogP contribution in [0.25, 0.3) is 0 Å². The Bertz CT molecular complexity index is 845. The lowest BCUT2D eigenvalue weighted by molar-refractivity contribution is 0.111. The van der Waals surface area contributed by atoms with Crippen LogP contribution in [-0.2, 0) is 19.4 Å². The molecule has 2 aromatic rings. The Morgan fingerprint density at radius 2 is 1.90 bits per heavy atom. The second-order valence-electron chi connectivity index (χ2n) is 8.06. The first-order valence-electron chi connectivity index (χ1n) is 10.9. The SMILES string of the molecule is CCNC(=NCC(O)CN1CCc2ccccc2C1)NCC1Cc2ccccc2O1. The normalized spacial score (nSPS) is 19.5. The molecule has 4 rings (SSSR count). The number of guanidine groups is 1. The number of nitrogens with one attached hydrogen (secondary N) is 2. The number of fused-ring (bicyclic) bond motifs is 2. The van der Waals surface area contributed by atoms with Gasteiger partial charge in [-0.25, -0.2) is 0 Å². The number of aliphatic imine (C=N–C) groups is 1. The van der Waals surface area contributed by atoms with Gasteiger partial charge >= 0.3 is 0 Å². The van der Waals surface area contributed by atoms with Gasteiger partial charge in [0.2, 0.25) is 0 Å². The number of hydrogen-bond acceptors (Lipinski definition) is 4. The molecule has 0 spiro atoms. The lowest BCUT2D eigenvalue weighted by Gasteiger charge is -2.30. The zero-order chi connectivity index (χ0) is 20.8. The van der Waals surface area contributed by atoms with Crippen LogP contribution < -0.4 is 15.4 Å². The van der Waals surface area contributed by atoms with Crippen molar-refractivity contribution in [2.24, 2.45) is 4.99 Å². The predicted molar refractivity (Wildman–Crippen MR) is 120 cm³/mol. The van der Waals surface area contributed by atoms with Crippen LogP contribution in [0.2, 0.25) is 0 Å². The summed E-state index contributed by atoms with van der Waals surface area (Å²) in [6.07, 6.45) is 1.56. The lowest BCUT2D eigenvalue weighted by atomic mass is 10.00. The molecule has 2 unspecified atom stereocenters. The van der Waals surface area contributed by atoms with Gasteiger partial charge < -0.3 is 20.5 Å². The molecule has 30 heavy (non-hydrogen) atoms. The summed E-state index contributed by atoms with van der Waals surface area (Å²) in [5.74, 6) is 1.70. The van der Waals surface area contributed by atoms with Crippen LogP contribution >= 0.6 is 0 Å². The fourth-order valence-electron chi connectivity index (χ4n) is 4.18. The van der Waals surface area contributed by atoms with Crippen molar-refractivity contribution in [2.75, 3.05) is 32.7 Å². The van der Waals surface area contributed by atoms with E-state index in [9.17, 15) is 5.11 Å². The Morgan fingerprint density at radius 1 is 1.13 bits per heavy atom. The highest BCUT2D eigenvalue weighted by atomic mass is 16.5. The van der Waals surface area contributed by atoms with Gasteiger partial charge in [-0.05, 0) is 36.1 Å². The molecule has 0 bridgehead atoms. The minimum absolute atomic E-state index is 0.101. The molecule has 2 aliphatic heterocycles. The molecule has 2 heterocycles. The smallest absolute Gasteiger partial charge is 0.191 e. The maximum Gasteiger partial charge on any atom is 0.191 e. The lowest BCUT2D eigenvalue weighted by Crippen LogP contribution is -2.43. The van der Waals surface area contributed by atoms with Crippen molar-refractivity contribution in [3.8, 4) is 5.75 Å². The predicted octanol–water partition coefficient (Wildman–Crippen LogP) is 1.96. The minimum Gasteiger partial charge on any atom is -0.488 e. The Balaban J connectivity index is 1.24. The summed E-state index contributed by atoms with van der Waals surface area (Å²) in [6, 6.07) is 16.8. The molecule has 2 aliphatic rings. The fraction of sp³-hybridized carbons (Fsp3) is 0.458. The molecule has 0 fully saturated rings. The maximum atomic E-state index is 10.5. The van der Waals surface area contributed by atoms with Gasteiger partial charge in [0.15, 0.2) is 5.96 Å². The Morgan fingerprint density at radius 3 is 2.70 bits per heavy atom. The first-order chi connectivity index (χ1) is 14.7. The van der Waals surface area contributed by atoms with E-state index < -0.39 is 6.10 Å². The molecule has 0 amide bonds. The van der Waals surface area contributed by atoms with Crippen molar-refractivity contribution in [3.63, 3.8) is 0 Å². The van der Waals surface area contributed by atoms with Gasteiger partial charge in [-0.2, -0.15) is 0 Å². The zero-order valence-corrected chi connectivity index (χ0v) is 17.7. The average Bonchev–Trinajstić information content (AvgIpc) is 3.18. The summed E-state index contributed by atoms with van der Waals surface area (Å²) in [4.78, 5) is 6.91. The molecule has 0 radical (unpaired) electrons. The van der Waals surface area contributed by atoms with E-state index in [1.54, 1.807) is 0 Å². The molecule has 0 saturated carbocycles.